The van der Waals surface area contributed by atoms with Gasteiger partial charge in [-0.3, -0.25) is 4.79 Å². The van der Waals surface area contributed by atoms with Crippen LogP contribution < -0.4 is 4.72 Å². The Morgan fingerprint density at radius 3 is 2.45 bits per heavy atom. The minimum atomic E-state index is -4.02. The molecule has 150 valence electrons. The zero-order chi connectivity index (χ0) is 20.8. The van der Waals surface area contributed by atoms with Crippen LogP contribution in [0, 0.1) is 5.92 Å². The Morgan fingerprint density at radius 2 is 1.83 bits per heavy atom. The fraction of sp³-hybridized carbons (Fsp3) is 0.200. The summed E-state index contributed by atoms with van der Waals surface area (Å²) >= 11 is 1.52. The number of benzene rings is 2. The van der Waals surface area contributed by atoms with Crippen molar-refractivity contribution in [3.8, 4) is 10.6 Å². The van der Waals surface area contributed by atoms with Gasteiger partial charge in [-0.25, -0.2) is 13.4 Å². The van der Waals surface area contributed by atoms with Gasteiger partial charge in [0.15, 0.2) is 0 Å². The van der Waals surface area contributed by atoms with Crippen molar-refractivity contribution >= 4 is 49.3 Å². The lowest BCUT2D eigenvalue weighted by Gasteiger charge is -2.17. The lowest BCUT2D eigenvalue weighted by atomic mass is 10.1. The molecule has 0 aliphatic carbocycles. The highest BCUT2D eigenvalue weighted by Gasteiger charge is 2.28. The summed E-state index contributed by atoms with van der Waals surface area (Å²) in [6.07, 6.45) is 1.73. The summed E-state index contributed by atoms with van der Waals surface area (Å²) in [5, 5.41) is 13.7. The van der Waals surface area contributed by atoms with Gasteiger partial charge < -0.3 is 9.52 Å². The van der Waals surface area contributed by atoms with Crippen LogP contribution in [0.3, 0.4) is 0 Å². The third-order valence-corrected chi connectivity index (χ3v) is 6.91. The van der Waals surface area contributed by atoms with Gasteiger partial charge in [-0.2, -0.15) is 4.72 Å². The highest BCUT2D eigenvalue weighted by atomic mass is 32.2. The minimum Gasteiger partial charge on any atom is -0.480 e. The number of thiazole rings is 1. The zero-order valence-electron chi connectivity index (χ0n) is 15.6. The molecule has 0 bridgehead atoms. The molecule has 0 saturated carbocycles. The third-order valence-electron chi connectivity index (χ3n) is 4.65. The molecule has 4 rings (SSSR count). The number of furan rings is 1. The predicted molar refractivity (Wildman–Crippen MR) is 111 cm³/mol. The summed E-state index contributed by atoms with van der Waals surface area (Å²) in [6.45, 7) is 3.29. The molecule has 0 amide bonds. The fourth-order valence-corrected chi connectivity index (χ4v) is 5.12. The molecule has 4 aromatic rings. The average molecular weight is 431 g/mol. The lowest BCUT2D eigenvalue weighted by Crippen LogP contribution is -2.44. The first-order valence-corrected chi connectivity index (χ1v) is 11.2. The summed E-state index contributed by atoms with van der Waals surface area (Å²) in [5.41, 5.74) is 1.96. The number of carboxylic acid groups (broad SMARTS) is 1. The van der Waals surface area contributed by atoms with Crippen molar-refractivity contribution in [1.82, 2.24) is 9.71 Å². The molecule has 0 aliphatic rings. The summed E-state index contributed by atoms with van der Waals surface area (Å²) < 4.78 is 33.5. The number of aromatic nitrogens is 1. The summed E-state index contributed by atoms with van der Waals surface area (Å²) in [7, 11) is -4.02. The maximum atomic E-state index is 12.7. The molecular weight excluding hydrogens is 412 g/mol. The van der Waals surface area contributed by atoms with E-state index in [1.807, 2.05) is 23.6 Å². The van der Waals surface area contributed by atoms with Gasteiger partial charge in [0.05, 0.1) is 4.90 Å². The van der Waals surface area contributed by atoms with Crippen molar-refractivity contribution < 1.29 is 22.7 Å². The van der Waals surface area contributed by atoms with Crippen LogP contribution in [0.1, 0.15) is 13.8 Å². The first-order chi connectivity index (χ1) is 13.8. The van der Waals surface area contributed by atoms with Crippen LogP contribution in [0.2, 0.25) is 0 Å². The fourth-order valence-electron chi connectivity index (χ4n) is 3.13. The van der Waals surface area contributed by atoms with E-state index in [0.717, 1.165) is 21.3 Å². The van der Waals surface area contributed by atoms with E-state index in [1.165, 1.54) is 23.5 Å². The molecule has 29 heavy (non-hydrogen) atoms. The van der Waals surface area contributed by atoms with Crippen LogP contribution in [0.15, 0.2) is 57.3 Å². The van der Waals surface area contributed by atoms with Crippen LogP contribution in [0.5, 0.6) is 0 Å². The van der Waals surface area contributed by atoms with Gasteiger partial charge in [-0.15, -0.1) is 11.3 Å². The van der Waals surface area contributed by atoms with E-state index < -0.39 is 28.0 Å². The summed E-state index contributed by atoms with van der Waals surface area (Å²) in [6, 6.07) is 9.07. The third kappa shape index (κ3) is 3.64. The van der Waals surface area contributed by atoms with E-state index in [1.54, 1.807) is 26.1 Å². The van der Waals surface area contributed by atoms with Crippen molar-refractivity contribution in [3.63, 3.8) is 0 Å². The second-order valence-corrected chi connectivity index (χ2v) is 9.60. The van der Waals surface area contributed by atoms with E-state index in [4.69, 9.17) is 4.42 Å². The molecule has 0 spiro atoms. The largest absolute Gasteiger partial charge is 0.480 e. The van der Waals surface area contributed by atoms with Crippen molar-refractivity contribution in [2.24, 2.45) is 5.92 Å². The Labute approximate surface area is 171 Å². The van der Waals surface area contributed by atoms with Gasteiger partial charge in [0.2, 0.25) is 10.0 Å². The molecule has 0 unspecified atom stereocenters. The number of carboxylic acids is 1. The lowest BCUT2D eigenvalue weighted by molar-refractivity contribution is -0.140. The molecule has 0 saturated heterocycles. The predicted octanol–water partition coefficient (Wildman–Crippen LogP) is 4.10. The zero-order valence-corrected chi connectivity index (χ0v) is 17.3. The van der Waals surface area contributed by atoms with Crippen molar-refractivity contribution in [3.05, 3.63) is 48.0 Å². The quantitative estimate of drug-likeness (QED) is 0.477. The maximum absolute atomic E-state index is 12.7. The molecule has 2 N–H and O–H groups in total. The second-order valence-electron chi connectivity index (χ2n) is 6.99. The van der Waals surface area contributed by atoms with Gasteiger partial charge in [0.25, 0.3) is 0 Å². The van der Waals surface area contributed by atoms with Crippen LogP contribution in [0.25, 0.3) is 32.5 Å². The molecule has 9 heteroatoms. The molecule has 0 fully saturated rings. The number of sulfonamides is 1. The van der Waals surface area contributed by atoms with Gasteiger partial charge in [0.1, 0.15) is 22.2 Å². The number of carbonyl (C=O) groups is 1. The first-order valence-electron chi connectivity index (χ1n) is 8.87. The number of rotatable bonds is 6. The monoisotopic (exact) mass is 430 g/mol. The number of nitrogens with zero attached hydrogens (tertiary/aromatic N) is 1. The van der Waals surface area contributed by atoms with Crippen LogP contribution >= 0.6 is 11.3 Å². The van der Waals surface area contributed by atoms with E-state index >= 15 is 0 Å². The molecule has 7 nitrogen and oxygen atoms in total. The van der Waals surface area contributed by atoms with Crippen LogP contribution in [-0.2, 0) is 14.8 Å². The number of hydrogen-bond acceptors (Lipinski definition) is 6. The van der Waals surface area contributed by atoms with Crippen LogP contribution in [-0.4, -0.2) is 30.5 Å². The molecule has 0 radical (unpaired) electrons. The number of aliphatic carboxylic acids is 1. The average Bonchev–Trinajstić information content (AvgIpc) is 3.32. The number of fused-ring (bicyclic) bond motifs is 3. The van der Waals surface area contributed by atoms with Crippen LogP contribution in [0.4, 0.5) is 0 Å². The highest BCUT2D eigenvalue weighted by molar-refractivity contribution is 7.89. The summed E-state index contributed by atoms with van der Waals surface area (Å²) in [5.74, 6) is -1.62. The normalized spacial score (nSPS) is 13.3. The Bertz CT molecular complexity index is 1310. The van der Waals surface area contributed by atoms with E-state index in [0.29, 0.717) is 11.2 Å². The highest BCUT2D eigenvalue weighted by Crippen LogP contribution is 2.33. The second kappa shape index (κ2) is 7.25. The molecule has 1 atom stereocenters. The van der Waals surface area contributed by atoms with E-state index in [9.17, 15) is 18.3 Å². The topological polar surface area (TPSA) is 110 Å². The van der Waals surface area contributed by atoms with E-state index in [2.05, 4.69) is 9.71 Å². The van der Waals surface area contributed by atoms with Crippen molar-refractivity contribution in [2.45, 2.75) is 24.8 Å². The summed E-state index contributed by atoms with van der Waals surface area (Å²) in [4.78, 5) is 15.6. The number of hydrogen-bond donors (Lipinski definition) is 2. The minimum absolute atomic E-state index is 0.0453. The maximum Gasteiger partial charge on any atom is 0.322 e. The molecular formula is C20H18N2O5S2. The smallest absolute Gasteiger partial charge is 0.322 e. The Balaban J connectivity index is 1.75. The SMILES string of the molecule is CC(C)[C@H](NS(=O)(=O)c1ccc2c(c1)oc1cc(-c3nccs3)ccc12)C(=O)O. The van der Waals surface area contributed by atoms with Gasteiger partial charge in [-0.1, -0.05) is 19.9 Å². The molecule has 2 heterocycles. The van der Waals surface area contributed by atoms with Crippen molar-refractivity contribution in [2.75, 3.05) is 0 Å². The Morgan fingerprint density at radius 1 is 1.14 bits per heavy atom. The van der Waals surface area contributed by atoms with E-state index in [-0.39, 0.29) is 4.90 Å². The number of nitrogens with one attached hydrogen (secondary N) is 1. The Kier molecular flexibility index (Phi) is 4.89. The molecule has 0 aliphatic heterocycles. The molecule has 2 aromatic heterocycles. The van der Waals surface area contributed by atoms with Gasteiger partial charge in [0, 0.05) is 34.0 Å². The standard InChI is InChI=1S/C20H18N2O5S2/c1-11(2)18(20(23)24)22-29(25,26)13-4-6-15-14-5-3-12(19-21-7-8-28-19)9-16(14)27-17(15)10-13/h3-11,18,22H,1-2H3,(H,23,24)/t18-/m0/s1. The first kappa shape index (κ1) is 19.6. The van der Waals surface area contributed by atoms with Gasteiger partial charge >= 0.3 is 5.97 Å². The van der Waals surface area contributed by atoms with Gasteiger partial charge in [-0.05, 0) is 30.2 Å². The Hall–Kier alpha value is -2.75. The van der Waals surface area contributed by atoms with Crippen molar-refractivity contribution in [1.29, 1.82) is 0 Å². The molecule has 2 aromatic carbocycles.